The SMILES string of the molecule is C1CCC(CNC2CC2)(CN2CCN(CC3CC3)CC2)C1. The van der Waals surface area contributed by atoms with E-state index in [1.54, 1.807) is 0 Å². The monoisotopic (exact) mass is 291 g/mol. The second-order valence-electron chi connectivity index (χ2n) is 8.38. The minimum absolute atomic E-state index is 0.612. The van der Waals surface area contributed by atoms with E-state index in [4.69, 9.17) is 0 Å². The number of rotatable bonds is 7. The van der Waals surface area contributed by atoms with Crippen molar-refractivity contribution in [2.24, 2.45) is 11.3 Å². The molecule has 0 aromatic heterocycles. The van der Waals surface area contributed by atoms with E-state index in [1.165, 1.54) is 97.2 Å². The summed E-state index contributed by atoms with van der Waals surface area (Å²) in [6.45, 7) is 9.33. The van der Waals surface area contributed by atoms with Crippen molar-refractivity contribution in [1.29, 1.82) is 0 Å². The van der Waals surface area contributed by atoms with Crippen molar-refractivity contribution in [3.63, 3.8) is 0 Å². The summed E-state index contributed by atoms with van der Waals surface area (Å²) in [7, 11) is 0. The number of hydrogen-bond acceptors (Lipinski definition) is 3. The quantitative estimate of drug-likeness (QED) is 0.776. The fourth-order valence-electron chi connectivity index (χ4n) is 4.43. The van der Waals surface area contributed by atoms with Crippen LogP contribution in [0.2, 0.25) is 0 Å². The zero-order chi connectivity index (χ0) is 14.1. The Hall–Kier alpha value is -0.120. The van der Waals surface area contributed by atoms with Gasteiger partial charge in [-0.15, -0.1) is 0 Å². The van der Waals surface area contributed by atoms with Gasteiger partial charge in [0.2, 0.25) is 0 Å². The number of nitrogens with one attached hydrogen (secondary N) is 1. The molecule has 1 heterocycles. The summed E-state index contributed by atoms with van der Waals surface area (Å²) in [4.78, 5) is 5.50. The molecular weight excluding hydrogens is 258 g/mol. The average molecular weight is 291 g/mol. The van der Waals surface area contributed by atoms with Crippen molar-refractivity contribution in [2.75, 3.05) is 45.8 Å². The molecule has 0 bridgehead atoms. The van der Waals surface area contributed by atoms with Crippen LogP contribution in [0.4, 0.5) is 0 Å². The second-order valence-corrected chi connectivity index (χ2v) is 8.38. The van der Waals surface area contributed by atoms with Crippen molar-refractivity contribution >= 4 is 0 Å². The van der Waals surface area contributed by atoms with Gasteiger partial charge < -0.3 is 15.1 Å². The van der Waals surface area contributed by atoms with Crippen LogP contribution in [0.3, 0.4) is 0 Å². The molecule has 1 saturated heterocycles. The maximum absolute atomic E-state index is 3.84. The van der Waals surface area contributed by atoms with Gasteiger partial charge in [0.25, 0.3) is 0 Å². The van der Waals surface area contributed by atoms with E-state index >= 15 is 0 Å². The lowest BCUT2D eigenvalue weighted by Crippen LogP contribution is -2.51. The molecule has 3 aliphatic carbocycles. The molecule has 0 spiro atoms. The first-order valence-corrected chi connectivity index (χ1v) is 9.50. The van der Waals surface area contributed by atoms with Crippen LogP contribution in [-0.2, 0) is 0 Å². The maximum atomic E-state index is 3.84. The molecule has 4 rings (SSSR count). The Labute approximate surface area is 130 Å². The third-order valence-corrected chi connectivity index (χ3v) is 6.24. The normalized spacial score (nSPS) is 30.9. The predicted octanol–water partition coefficient (Wildman–Crippen LogP) is 2.33. The van der Waals surface area contributed by atoms with E-state index in [1.807, 2.05) is 0 Å². The standard InChI is InChI=1S/C18H33N3/c1-2-8-18(7-1,14-19-17-5-6-17)15-21-11-9-20(10-12-21)13-16-3-4-16/h16-17,19H,1-15H2. The highest BCUT2D eigenvalue weighted by Gasteiger charge is 2.37. The summed E-state index contributed by atoms with van der Waals surface area (Å²) >= 11 is 0. The van der Waals surface area contributed by atoms with Gasteiger partial charge in [-0.1, -0.05) is 12.8 Å². The Balaban J connectivity index is 1.25. The Morgan fingerprint density at radius 1 is 0.857 bits per heavy atom. The van der Waals surface area contributed by atoms with E-state index < -0.39 is 0 Å². The Kier molecular flexibility index (Phi) is 4.25. The zero-order valence-electron chi connectivity index (χ0n) is 13.7. The smallest absolute Gasteiger partial charge is 0.0110 e. The lowest BCUT2D eigenvalue weighted by molar-refractivity contribution is 0.0827. The van der Waals surface area contributed by atoms with Crippen LogP contribution in [0.5, 0.6) is 0 Å². The molecular formula is C18H33N3. The summed E-state index contributed by atoms with van der Waals surface area (Å²) < 4.78 is 0. The molecule has 0 amide bonds. The Morgan fingerprint density at radius 3 is 2.14 bits per heavy atom. The van der Waals surface area contributed by atoms with Gasteiger partial charge in [0.1, 0.15) is 0 Å². The summed E-state index contributed by atoms with van der Waals surface area (Å²) in [5.74, 6) is 1.06. The molecule has 4 fully saturated rings. The molecule has 1 aliphatic heterocycles. The molecule has 0 unspecified atom stereocenters. The molecule has 21 heavy (non-hydrogen) atoms. The lowest BCUT2D eigenvalue weighted by Gasteiger charge is -2.40. The molecule has 3 saturated carbocycles. The molecule has 0 aromatic carbocycles. The van der Waals surface area contributed by atoms with E-state index in [9.17, 15) is 0 Å². The third kappa shape index (κ3) is 4.00. The molecule has 1 N–H and O–H groups in total. The fourth-order valence-corrected chi connectivity index (χ4v) is 4.43. The van der Waals surface area contributed by atoms with Gasteiger partial charge in [0, 0.05) is 51.9 Å². The summed E-state index contributed by atoms with van der Waals surface area (Å²) in [5.41, 5.74) is 0.612. The first kappa shape index (κ1) is 14.5. The summed E-state index contributed by atoms with van der Waals surface area (Å²) in [5, 5.41) is 3.84. The van der Waals surface area contributed by atoms with Gasteiger partial charge in [0.05, 0.1) is 0 Å². The first-order chi connectivity index (χ1) is 10.3. The minimum Gasteiger partial charge on any atom is -0.313 e. The van der Waals surface area contributed by atoms with Gasteiger partial charge >= 0.3 is 0 Å². The van der Waals surface area contributed by atoms with Gasteiger partial charge in [-0.3, -0.25) is 0 Å². The molecule has 3 heteroatoms. The van der Waals surface area contributed by atoms with Crippen molar-refractivity contribution in [1.82, 2.24) is 15.1 Å². The average Bonchev–Trinajstić information content (AvgIpc) is 3.42. The van der Waals surface area contributed by atoms with Gasteiger partial charge in [0.15, 0.2) is 0 Å². The van der Waals surface area contributed by atoms with Crippen molar-refractivity contribution in [2.45, 2.75) is 57.4 Å². The maximum Gasteiger partial charge on any atom is 0.0110 e. The molecule has 0 aromatic rings. The zero-order valence-corrected chi connectivity index (χ0v) is 13.7. The van der Waals surface area contributed by atoms with Crippen LogP contribution < -0.4 is 5.32 Å². The second kappa shape index (κ2) is 6.17. The van der Waals surface area contributed by atoms with Crippen LogP contribution in [0.25, 0.3) is 0 Å². The molecule has 3 nitrogen and oxygen atoms in total. The largest absolute Gasteiger partial charge is 0.313 e. The van der Waals surface area contributed by atoms with E-state index in [0.717, 1.165) is 12.0 Å². The van der Waals surface area contributed by atoms with Crippen molar-refractivity contribution < 1.29 is 0 Å². The van der Waals surface area contributed by atoms with Crippen molar-refractivity contribution in [3.8, 4) is 0 Å². The summed E-state index contributed by atoms with van der Waals surface area (Å²) in [6, 6.07) is 0.873. The van der Waals surface area contributed by atoms with E-state index in [0.29, 0.717) is 5.41 Å². The molecule has 0 atom stereocenters. The number of hydrogen-bond donors (Lipinski definition) is 1. The molecule has 4 aliphatic rings. The predicted molar refractivity (Wildman–Crippen MR) is 87.5 cm³/mol. The van der Waals surface area contributed by atoms with Gasteiger partial charge in [-0.2, -0.15) is 0 Å². The van der Waals surface area contributed by atoms with E-state index in [2.05, 4.69) is 15.1 Å². The third-order valence-electron chi connectivity index (χ3n) is 6.24. The first-order valence-electron chi connectivity index (χ1n) is 9.50. The summed E-state index contributed by atoms with van der Waals surface area (Å²) in [6.07, 6.45) is 11.7. The van der Waals surface area contributed by atoms with Crippen LogP contribution in [0.1, 0.15) is 51.4 Å². The topological polar surface area (TPSA) is 18.5 Å². The van der Waals surface area contributed by atoms with E-state index in [-0.39, 0.29) is 0 Å². The highest BCUT2D eigenvalue weighted by Crippen LogP contribution is 2.39. The highest BCUT2D eigenvalue weighted by atomic mass is 15.3. The van der Waals surface area contributed by atoms with Crippen LogP contribution in [0, 0.1) is 11.3 Å². The number of piperazine rings is 1. The highest BCUT2D eigenvalue weighted by molar-refractivity contribution is 4.93. The van der Waals surface area contributed by atoms with Crippen LogP contribution in [-0.4, -0.2) is 61.7 Å². The fraction of sp³-hybridized carbons (Fsp3) is 1.00. The van der Waals surface area contributed by atoms with Gasteiger partial charge in [-0.25, -0.2) is 0 Å². The van der Waals surface area contributed by atoms with Gasteiger partial charge in [-0.05, 0) is 49.9 Å². The van der Waals surface area contributed by atoms with Crippen LogP contribution in [0.15, 0.2) is 0 Å². The van der Waals surface area contributed by atoms with Crippen molar-refractivity contribution in [3.05, 3.63) is 0 Å². The Morgan fingerprint density at radius 2 is 1.52 bits per heavy atom. The number of nitrogens with zero attached hydrogens (tertiary/aromatic N) is 2. The van der Waals surface area contributed by atoms with Crippen LogP contribution >= 0.6 is 0 Å². The molecule has 0 radical (unpaired) electrons. The Bertz CT molecular complexity index is 334. The minimum atomic E-state index is 0.612. The molecule has 120 valence electrons. The lowest BCUT2D eigenvalue weighted by atomic mass is 9.85.